The maximum Gasteiger partial charge on any atom is 0.490 e. The number of amides is 1. The van der Waals surface area contributed by atoms with E-state index >= 15 is 9.00 Å². The lowest BCUT2D eigenvalue weighted by molar-refractivity contribution is -0.210. The van der Waals surface area contributed by atoms with Gasteiger partial charge in [0.15, 0.2) is 11.5 Å². The molecule has 3 saturated carbocycles. The van der Waals surface area contributed by atoms with Crippen LogP contribution in [0.25, 0.3) is 0 Å². The highest BCUT2D eigenvalue weighted by Gasteiger charge is 2.79. The Morgan fingerprint density at radius 2 is 1.83 bits per heavy atom. The predicted octanol–water partition coefficient (Wildman–Crippen LogP) is 6.10. The molecule has 2 heterocycles. The Morgan fingerprint density at radius 3 is 2.48 bits per heavy atom. The summed E-state index contributed by atoms with van der Waals surface area (Å²) in [6.07, 6.45) is 3.57. The zero-order chi connectivity index (χ0) is 33.0. The van der Waals surface area contributed by atoms with Crippen molar-refractivity contribution in [3.8, 4) is 11.5 Å². The molecule has 4 aliphatic carbocycles. The van der Waals surface area contributed by atoms with Crippen LogP contribution in [0.1, 0.15) is 76.8 Å². The molecule has 0 radical (unpaired) electrons. The zero-order valence-corrected chi connectivity index (χ0v) is 28.0. The second-order valence-corrected chi connectivity index (χ2v) is 16.6. The van der Waals surface area contributed by atoms with E-state index in [1.54, 1.807) is 14.2 Å². The number of hydrogen-bond acceptors (Lipinski definition) is 6. The van der Waals surface area contributed by atoms with E-state index in [4.69, 9.17) is 14.2 Å². The van der Waals surface area contributed by atoms with E-state index in [1.165, 1.54) is 0 Å². The van der Waals surface area contributed by atoms with Crippen molar-refractivity contribution in [2.45, 2.75) is 94.7 Å². The van der Waals surface area contributed by atoms with Crippen LogP contribution >= 0.6 is 0 Å². The summed E-state index contributed by atoms with van der Waals surface area (Å²) in [5, 5.41) is 0. The van der Waals surface area contributed by atoms with Gasteiger partial charge in [-0.2, -0.15) is 13.2 Å². The Labute approximate surface area is 271 Å². The third-order valence-corrected chi connectivity index (χ3v) is 15.6. The predicted molar refractivity (Wildman–Crippen MR) is 166 cm³/mol. The quantitative estimate of drug-likeness (QED) is 0.235. The van der Waals surface area contributed by atoms with Gasteiger partial charge in [-0.1, -0.05) is 45.8 Å². The number of benzene rings is 1. The van der Waals surface area contributed by atoms with Gasteiger partial charge in [-0.05, 0) is 79.0 Å². The van der Waals surface area contributed by atoms with Crippen LogP contribution in [0.4, 0.5) is 13.2 Å². The second-order valence-electron chi connectivity index (χ2n) is 15.0. The third-order valence-electron chi connectivity index (χ3n) is 13.3. The number of carbonyl (C=O) groups excluding carboxylic acids is 2. The summed E-state index contributed by atoms with van der Waals surface area (Å²) < 4.78 is 71.1. The summed E-state index contributed by atoms with van der Waals surface area (Å²) in [5.41, 5.74) is -0.0182. The maximum atomic E-state index is 15.4. The Balaban J connectivity index is 1.36. The number of ether oxygens (including phenoxy) is 3. The fourth-order valence-corrected chi connectivity index (χ4v) is 14.0. The number of nitrogens with zero attached hydrogens (tertiary/aromatic N) is 1. The van der Waals surface area contributed by atoms with Crippen LogP contribution in [0.15, 0.2) is 24.3 Å². The monoisotopic (exact) mass is 663 g/mol. The summed E-state index contributed by atoms with van der Waals surface area (Å²) in [4.78, 5) is 29.3. The lowest BCUT2D eigenvalue weighted by Gasteiger charge is -2.49. The van der Waals surface area contributed by atoms with Gasteiger partial charge in [0.1, 0.15) is 10.9 Å². The maximum absolute atomic E-state index is 15.4. The SMILES string of the molecule is CCCC[C@@]12c3cc(OC)c(OC)cc3CCN1C(=O)[C@]1([S@](=O)C[C@]34CC[C@H](C[C@H]3OC(=O)C(F)(F)F)C4(C)C)[C@H]2[C@@H]2C=C[C@H]1C2. The van der Waals surface area contributed by atoms with Crippen LogP contribution in [0.2, 0.25) is 0 Å². The number of unbranched alkanes of at least 4 members (excludes halogenated alkanes) is 1. The van der Waals surface area contributed by atoms with Crippen molar-refractivity contribution in [1.82, 2.24) is 4.90 Å². The van der Waals surface area contributed by atoms with Gasteiger partial charge in [-0.15, -0.1) is 0 Å². The van der Waals surface area contributed by atoms with Crippen molar-refractivity contribution in [1.29, 1.82) is 0 Å². The van der Waals surface area contributed by atoms with Crippen molar-refractivity contribution >= 4 is 22.7 Å². The second kappa shape index (κ2) is 10.5. The molecule has 0 N–H and O–H groups in total. The molecular weight excluding hydrogens is 619 g/mol. The molecular formula is C35H44F3NO6S. The van der Waals surface area contributed by atoms with Gasteiger partial charge >= 0.3 is 12.1 Å². The van der Waals surface area contributed by atoms with Crippen molar-refractivity contribution in [3.05, 3.63) is 35.4 Å². The lowest BCUT2D eigenvalue weighted by atomic mass is 9.65. The van der Waals surface area contributed by atoms with Gasteiger partial charge in [0, 0.05) is 40.3 Å². The Bertz CT molecular complexity index is 1530. The van der Waals surface area contributed by atoms with Crippen molar-refractivity contribution in [3.63, 3.8) is 0 Å². The van der Waals surface area contributed by atoms with E-state index < -0.39 is 50.2 Å². The average Bonchev–Trinajstić information content (AvgIpc) is 3.78. The smallest absolute Gasteiger partial charge is 0.490 e. The molecule has 7 nitrogen and oxygen atoms in total. The van der Waals surface area contributed by atoms with Crippen LogP contribution in [-0.2, 0) is 37.1 Å². The molecule has 1 aromatic rings. The van der Waals surface area contributed by atoms with E-state index in [2.05, 4.69) is 19.1 Å². The van der Waals surface area contributed by atoms with E-state index in [0.717, 1.165) is 36.8 Å². The number of hydrogen-bond donors (Lipinski definition) is 0. The fraction of sp³-hybridized carbons (Fsp3) is 0.714. The number of halogens is 3. The summed E-state index contributed by atoms with van der Waals surface area (Å²) in [5.74, 6) is -1.50. The van der Waals surface area contributed by atoms with Crippen LogP contribution in [-0.4, -0.2) is 64.5 Å². The Hall–Kier alpha value is -2.56. The summed E-state index contributed by atoms with van der Waals surface area (Å²) >= 11 is 0. The first-order valence-corrected chi connectivity index (χ1v) is 18.0. The fourth-order valence-electron chi connectivity index (χ4n) is 11.1. The van der Waals surface area contributed by atoms with Gasteiger partial charge in [-0.25, -0.2) is 4.79 Å². The van der Waals surface area contributed by atoms with Crippen molar-refractivity contribution < 1.29 is 41.2 Å². The molecule has 11 heteroatoms. The molecule has 1 saturated heterocycles. The molecule has 0 spiro atoms. The molecule has 7 rings (SSSR count). The number of rotatable bonds is 9. The molecule has 6 aliphatic rings. The van der Waals surface area contributed by atoms with Gasteiger partial charge in [-0.3, -0.25) is 9.00 Å². The Kier molecular flexibility index (Phi) is 7.28. The van der Waals surface area contributed by atoms with Gasteiger partial charge < -0.3 is 19.1 Å². The van der Waals surface area contributed by atoms with Crippen LogP contribution < -0.4 is 9.47 Å². The minimum Gasteiger partial charge on any atom is -0.493 e. The first kappa shape index (κ1) is 32.0. The zero-order valence-electron chi connectivity index (χ0n) is 27.2. The molecule has 2 aliphatic heterocycles. The number of carbonyl (C=O) groups is 2. The number of esters is 1. The average molecular weight is 664 g/mol. The molecule has 9 atom stereocenters. The van der Waals surface area contributed by atoms with Gasteiger partial charge in [0.2, 0.25) is 5.91 Å². The van der Waals surface area contributed by atoms with Crippen molar-refractivity contribution in [2.75, 3.05) is 26.5 Å². The van der Waals surface area contributed by atoms with E-state index in [-0.39, 0.29) is 35.3 Å². The highest BCUT2D eigenvalue weighted by molar-refractivity contribution is 7.87. The van der Waals surface area contributed by atoms with E-state index in [1.807, 2.05) is 30.9 Å². The van der Waals surface area contributed by atoms with E-state index in [0.29, 0.717) is 43.7 Å². The first-order chi connectivity index (χ1) is 21.7. The lowest BCUT2D eigenvalue weighted by Crippen LogP contribution is -2.56. The topological polar surface area (TPSA) is 82.1 Å². The standard InChI is InChI=1S/C35H44F3NO6S/c1-6-7-12-33-24-18-26(44-5)25(43-4)16-20(24)11-14-39(33)29(40)34(23-9-8-21(15-23)28(33)34)46(42)19-32-13-10-22(31(32,2)3)17-27(32)45-30(41)35(36,37)38/h8-9,16,18,21-23,27-28H,6-7,10-15,17,19H2,1-5H3/t21-,22-,23+,27-,28+,32-,33+,34-,46-/m1/s1. The van der Waals surface area contributed by atoms with Crippen LogP contribution in [0.3, 0.4) is 0 Å². The molecule has 46 heavy (non-hydrogen) atoms. The normalized spacial score (nSPS) is 38.5. The minimum absolute atomic E-state index is 0.0299. The molecule has 4 bridgehead atoms. The summed E-state index contributed by atoms with van der Waals surface area (Å²) in [7, 11) is 1.44. The molecule has 252 valence electrons. The summed E-state index contributed by atoms with van der Waals surface area (Å²) in [6.45, 7) is 6.64. The molecule has 0 unspecified atom stereocenters. The molecule has 4 fully saturated rings. The third kappa shape index (κ3) is 3.86. The van der Waals surface area contributed by atoms with E-state index in [9.17, 15) is 18.0 Å². The van der Waals surface area contributed by atoms with Crippen molar-refractivity contribution in [2.24, 2.45) is 34.5 Å². The number of allylic oxidation sites excluding steroid dienone is 2. The highest BCUT2D eigenvalue weighted by Crippen LogP contribution is 2.71. The minimum atomic E-state index is -5.11. The van der Waals surface area contributed by atoms with Gasteiger partial charge in [0.25, 0.3) is 0 Å². The highest BCUT2D eigenvalue weighted by atomic mass is 32.2. The molecule has 0 aromatic heterocycles. The van der Waals surface area contributed by atoms with Gasteiger partial charge in [0.05, 0.1) is 19.8 Å². The number of alkyl halides is 3. The first-order valence-electron chi connectivity index (χ1n) is 16.7. The largest absolute Gasteiger partial charge is 0.493 e. The van der Waals surface area contributed by atoms with Crippen LogP contribution in [0, 0.1) is 34.5 Å². The number of fused-ring (bicyclic) bond motifs is 11. The summed E-state index contributed by atoms with van der Waals surface area (Å²) in [6, 6.07) is 4.03. The number of methoxy groups -OCH3 is 2. The Morgan fingerprint density at radius 1 is 1.11 bits per heavy atom. The molecule has 1 amide bonds. The molecule has 1 aromatic carbocycles. The van der Waals surface area contributed by atoms with Crippen LogP contribution in [0.5, 0.6) is 11.5 Å².